The molecule has 0 aliphatic rings. The Labute approximate surface area is 97.1 Å². The first-order chi connectivity index (χ1) is 7.39. The normalized spacial score (nSPS) is 11.6. The van der Waals surface area contributed by atoms with E-state index >= 15 is 0 Å². The molecule has 0 radical (unpaired) electrons. The van der Waals surface area contributed by atoms with Gasteiger partial charge in [-0.25, -0.2) is 0 Å². The predicted octanol–water partition coefficient (Wildman–Crippen LogP) is -0.301. The van der Waals surface area contributed by atoms with Gasteiger partial charge in [0.05, 0.1) is 13.1 Å². The number of rotatable bonds is 3. The maximum atomic E-state index is 11.5. The molecule has 0 aromatic rings. The number of aliphatic imine (C=N–C) groups is 1. The fraction of sp³-hybridized carbons (Fsp3) is 0.636. The molecule has 0 aliphatic heterocycles. The maximum absolute atomic E-state index is 11.5. The summed E-state index contributed by atoms with van der Waals surface area (Å²) in [5.74, 6) is 2.85. The molecule has 0 aromatic heterocycles. The Morgan fingerprint density at radius 1 is 1.38 bits per heavy atom. The fourth-order valence-electron chi connectivity index (χ4n) is 0.982. The van der Waals surface area contributed by atoms with E-state index in [1.165, 1.54) is 0 Å². The van der Waals surface area contributed by atoms with Gasteiger partial charge in [-0.2, -0.15) is 0 Å². The van der Waals surface area contributed by atoms with E-state index in [0.29, 0.717) is 12.5 Å². The van der Waals surface area contributed by atoms with Crippen molar-refractivity contribution in [2.24, 2.45) is 4.99 Å². The second-order valence-electron chi connectivity index (χ2n) is 4.28. The van der Waals surface area contributed by atoms with Crippen molar-refractivity contribution in [1.29, 1.82) is 0 Å². The number of hydrogen-bond acceptors (Lipinski definition) is 2. The average Bonchev–Trinajstić information content (AvgIpc) is 2.15. The van der Waals surface area contributed by atoms with E-state index in [0.717, 1.165) is 0 Å². The molecule has 0 spiro atoms. The van der Waals surface area contributed by atoms with Gasteiger partial charge in [-0.3, -0.25) is 9.79 Å². The maximum Gasteiger partial charge on any atom is 0.239 e. The number of guanidine groups is 1. The van der Waals surface area contributed by atoms with Gasteiger partial charge in [0.2, 0.25) is 5.91 Å². The Bertz CT molecular complexity index is 296. The van der Waals surface area contributed by atoms with Gasteiger partial charge in [-0.15, -0.1) is 6.42 Å². The van der Waals surface area contributed by atoms with Crippen LogP contribution in [0.5, 0.6) is 0 Å². The molecule has 90 valence electrons. The highest BCUT2D eigenvalue weighted by molar-refractivity contribution is 5.86. The topological polar surface area (TPSA) is 65.5 Å². The van der Waals surface area contributed by atoms with E-state index in [4.69, 9.17) is 6.42 Å². The molecule has 0 bridgehead atoms. The van der Waals surface area contributed by atoms with E-state index in [1.807, 2.05) is 20.8 Å². The molecule has 0 aromatic carbocycles. The number of terminal acetylenes is 1. The van der Waals surface area contributed by atoms with Gasteiger partial charge < -0.3 is 16.0 Å². The number of amides is 1. The van der Waals surface area contributed by atoms with Crippen molar-refractivity contribution >= 4 is 11.9 Å². The third kappa shape index (κ3) is 7.68. The zero-order chi connectivity index (χ0) is 12.6. The lowest BCUT2D eigenvalue weighted by molar-refractivity contribution is -0.121. The first kappa shape index (κ1) is 14.3. The number of hydrogen-bond donors (Lipinski definition) is 3. The minimum atomic E-state index is -0.228. The summed E-state index contributed by atoms with van der Waals surface area (Å²) in [5, 5.41) is 8.55. The van der Waals surface area contributed by atoms with Crippen LogP contribution in [0.2, 0.25) is 0 Å². The van der Waals surface area contributed by atoms with E-state index in [9.17, 15) is 4.79 Å². The minimum Gasteiger partial charge on any atom is -0.350 e. The standard InChI is InChI=1S/C11H20N4O/c1-6-7-13-10(12-5)14-8-9(16)15-11(2,3)4/h1H,7-8H2,2-5H3,(H,15,16)(H2,12,13,14). The van der Waals surface area contributed by atoms with Gasteiger partial charge >= 0.3 is 0 Å². The summed E-state index contributed by atoms with van der Waals surface area (Å²) in [6.45, 7) is 6.32. The van der Waals surface area contributed by atoms with Crippen molar-refractivity contribution in [2.75, 3.05) is 20.1 Å². The molecule has 0 atom stereocenters. The molecule has 5 heteroatoms. The molecule has 5 nitrogen and oxygen atoms in total. The van der Waals surface area contributed by atoms with Crippen LogP contribution in [0.4, 0.5) is 0 Å². The zero-order valence-corrected chi connectivity index (χ0v) is 10.3. The summed E-state index contributed by atoms with van der Waals surface area (Å²) in [4.78, 5) is 15.4. The molecule has 0 rings (SSSR count). The van der Waals surface area contributed by atoms with Crippen LogP contribution in [0.3, 0.4) is 0 Å². The molecule has 0 fully saturated rings. The Hall–Kier alpha value is -1.70. The van der Waals surface area contributed by atoms with Gasteiger partial charge in [0, 0.05) is 12.6 Å². The second kappa shape index (κ2) is 6.72. The summed E-state index contributed by atoms with van der Waals surface area (Å²) in [7, 11) is 1.62. The summed E-state index contributed by atoms with van der Waals surface area (Å²) in [5.41, 5.74) is -0.228. The smallest absolute Gasteiger partial charge is 0.239 e. The summed E-state index contributed by atoms with van der Waals surface area (Å²) in [6, 6.07) is 0. The number of carbonyl (C=O) groups is 1. The molecule has 0 unspecified atom stereocenters. The molecule has 0 saturated carbocycles. The third-order valence-electron chi connectivity index (χ3n) is 1.51. The molecule has 0 aliphatic carbocycles. The first-order valence-electron chi connectivity index (χ1n) is 5.08. The molecule has 1 amide bonds. The largest absolute Gasteiger partial charge is 0.350 e. The number of nitrogens with zero attached hydrogens (tertiary/aromatic N) is 1. The van der Waals surface area contributed by atoms with Crippen molar-refractivity contribution in [3.05, 3.63) is 0 Å². The van der Waals surface area contributed by atoms with Gasteiger partial charge in [-0.05, 0) is 20.8 Å². The predicted molar refractivity (Wildman–Crippen MR) is 66.1 cm³/mol. The van der Waals surface area contributed by atoms with Crippen molar-refractivity contribution in [3.63, 3.8) is 0 Å². The second-order valence-corrected chi connectivity index (χ2v) is 4.28. The minimum absolute atomic E-state index is 0.0869. The summed E-state index contributed by atoms with van der Waals surface area (Å²) >= 11 is 0. The van der Waals surface area contributed by atoms with Crippen LogP contribution >= 0.6 is 0 Å². The molecule has 0 heterocycles. The van der Waals surface area contributed by atoms with Gasteiger partial charge in [0.1, 0.15) is 0 Å². The summed E-state index contributed by atoms with van der Waals surface area (Å²) in [6.07, 6.45) is 5.10. The lowest BCUT2D eigenvalue weighted by Crippen LogP contribution is -2.48. The van der Waals surface area contributed by atoms with Crippen LogP contribution in [0.15, 0.2) is 4.99 Å². The highest BCUT2D eigenvalue weighted by Gasteiger charge is 2.13. The highest BCUT2D eigenvalue weighted by atomic mass is 16.2. The van der Waals surface area contributed by atoms with Gasteiger partial charge in [0.15, 0.2) is 5.96 Å². The van der Waals surface area contributed by atoms with Crippen molar-refractivity contribution in [3.8, 4) is 12.3 Å². The molecular formula is C11H20N4O. The average molecular weight is 224 g/mol. The third-order valence-corrected chi connectivity index (χ3v) is 1.51. The molecule has 3 N–H and O–H groups in total. The Morgan fingerprint density at radius 3 is 2.44 bits per heavy atom. The SMILES string of the molecule is C#CCNC(=NC)NCC(=O)NC(C)(C)C. The van der Waals surface area contributed by atoms with E-state index in [1.54, 1.807) is 7.05 Å². The Morgan fingerprint density at radius 2 is 2.00 bits per heavy atom. The summed E-state index contributed by atoms with van der Waals surface area (Å²) < 4.78 is 0. The Balaban J connectivity index is 3.95. The number of nitrogens with one attached hydrogen (secondary N) is 3. The van der Waals surface area contributed by atoms with Crippen LogP contribution in [0, 0.1) is 12.3 Å². The lowest BCUT2D eigenvalue weighted by Gasteiger charge is -2.21. The van der Waals surface area contributed by atoms with E-state index in [2.05, 4.69) is 26.9 Å². The van der Waals surface area contributed by atoms with Gasteiger partial charge in [-0.1, -0.05) is 5.92 Å². The van der Waals surface area contributed by atoms with Crippen molar-refractivity contribution < 1.29 is 4.79 Å². The molecular weight excluding hydrogens is 204 g/mol. The van der Waals surface area contributed by atoms with Crippen LogP contribution in [-0.4, -0.2) is 37.5 Å². The number of carbonyl (C=O) groups excluding carboxylic acids is 1. The van der Waals surface area contributed by atoms with E-state index < -0.39 is 0 Å². The van der Waals surface area contributed by atoms with Gasteiger partial charge in [0.25, 0.3) is 0 Å². The zero-order valence-electron chi connectivity index (χ0n) is 10.3. The fourth-order valence-corrected chi connectivity index (χ4v) is 0.982. The lowest BCUT2D eigenvalue weighted by atomic mass is 10.1. The Kier molecular flexibility index (Phi) is 6.01. The van der Waals surface area contributed by atoms with Crippen molar-refractivity contribution in [2.45, 2.75) is 26.3 Å². The quantitative estimate of drug-likeness (QED) is 0.350. The van der Waals surface area contributed by atoms with Crippen LogP contribution in [0.25, 0.3) is 0 Å². The highest BCUT2D eigenvalue weighted by Crippen LogP contribution is 1.96. The monoisotopic (exact) mass is 224 g/mol. The molecule has 0 saturated heterocycles. The van der Waals surface area contributed by atoms with Crippen molar-refractivity contribution in [1.82, 2.24) is 16.0 Å². The van der Waals surface area contributed by atoms with E-state index in [-0.39, 0.29) is 18.0 Å². The van der Waals surface area contributed by atoms with Crippen LogP contribution < -0.4 is 16.0 Å². The first-order valence-corrected chi connectivity index (χ1v) is 5.08. The van der Waals surface area contributed by atoms with Crippen LogP contribution in [-0.2, 0) is 4.79 Å². The molecule has 16 heavy (non-hydrogen) atoms. The van der Waals surface area contributed by atoms with Crippen LogP contribution in [0.1, 0.15) is 20.8 Å².